The third kappa shape index (κ3) is 6.46. The molecule has 1 aromatic carbocycles. The normalized spacial score (nSPS) is 11.3. The van der Waals surface area contributed by atoms with Gasteiger partial charge in [0.25, 0.3) is 5.91 Å². The number of nitrogens with one attached hydrogen (secondary N) is 1. The van der Waals surface area contributed by atoms with Crippen molar-refractivity contribution in [2.24, 2.45) is 0 Å². The van der Waals surface area contributed by atoms with Crippen molar-refractivity contribution in [3.05, 3.63) is 54.0 Å². The van der Waals surface area contributed by atoms with E-state index in [1.165, 1.54) is 6.26 Å². The first-order valence-corrected chi connectivity index (χ1v) is 10.9. The molecule has 0 spiro atoms. The number of furan rings is 1. The lowest BCUT2D eigenvalue weighted by Crippen LogP contribution is -2.55. The number of hydrogen-bond donors (Lipinski definition) is 2. The summed E-state index contributed by atoms with van der Waals surface area (Å²) in [5.74, 6) is -0.951. The van der Waals surface area contributed by atoms with Gasteiger partial charge in [0.05, 0.1) is 12.0 Å². The number of aryl methyl sites for hydroxylation is 1. The van der Waals surface area contributed by atoms with E-state index in [9.17, 15) is 14.7 Å². The average molecular weight is 415 g/mol. The van der Waals surface area contributed by atoms with Crippen LogP contribution in [0.1, 0.15) is 81.3 Å². The van der Waals surface area contributed by atoms with Gasteiger partial charge in [0, 0.05) is 0 Å². The Labute approximate surface area is 179 Å². The Bertz CT molecular complexity index is 774. The molecule has 6 nitrogen and oxygen atoms in total. The molecule has 0 aliphatic heterocycles. The smallest absolute Gasteiger partial charge is 0.312 e. The van der Waals surface area contributed by atoms with Crippen LogP contribution < -0.4 is 10.4 Å². The fraction of sp³-hybridized carbons (Fsp3) is 0.500. The van der Waals surface area contributed by atoms with Crippen LogP contribution in [-0.4, -0.2) is 22.5 Å². The number of aliphatic hydroxyl groups is 1. The minimum atomic E-state index is -1.52. The molecule has 30 heavy (non-hydrogen) atoms. The van der Waals surface area contributed by atoms with Crippen molar-refractivity contribution in [1.29, 1.82) is 0 Å². The molecule has 0 unspecified atom stereocenters. The molecule has 2 N–H and O–H groups in total. The Kier molecular flexibility index (Phi) is 9.12. The van der Waals surface area contributed by atoms with Crippen molar-refractivity contribution >= 4 is 17.5 Å². The summed E-state index contributed by atoms with van der Waals surface area (Å²) in [7, 11) is 0. The molecule has 2 aromatic rings. The van der Waals surface area contributed by atoms with Crippen molar-refractivity contribution in [1.82, 2.24) is 5.43 Å². The molecule has 164 valence electrons. The van der Waals surface area contributed by atoms with E-state index in [2.05, 4.69) is 19.3 Å². The molecule has 2 amide bonds. The predicted octanol–water partition coefficient (Wildman–Crippen LogP) is 5.16. The first-order chi connectivity index (χ1) is 14.4. The fourth-order valence-corrected chi connectivity index (χ4v) is 3.33. The van der Waals surface area contributed by atoms with E-state index in [0.29, 0.717) is 18.5 Å². The molecule has 6 heteroatoms. The molecule has 1 heterocycles. The van der Waals surface area contributed by atoms with E-state index >= 15 is 0 Å². The first kappa shape index (κ1) is 23.7. The summed E-state index contributed by atoms with van der Waals surface area (Å²) in [4.78, 5) is 26.2. The summed E-state index contributed by atoms with van der Waals surface area (Å²) in [6.45, 7) is 6.11. The van der Waals surface area contributed by atoms with Crippen molar-refractivity contribution in [2.45, 2.75) is 77.7 Å². The zero-order valence-electron chi connectivity index (χ0n) is 18.3. The number of carbonyl (C=O) groups excluding carboxylic acids is 2. The Morgan fingerprint density at radius 3 is 2.10 bits per heavy atom. The third-order valence-electron chi connectivity index (χ3n) is 5.25. The number of hydrazine groups is 1. The lowest BCUT2D eigenvalue weighted by atomic mass is 9.89. The van der Waals surface area contributed by atoms with Gasteiger partial charge in [-0.1, -0.05) is 70.1 Å². The number of nitrogens with zero attached hydrogens (tertiary/aromatic N) is 1. The number of unbranched alkanes of at least 4 members (excludes halogenated alkanes) is 4. The Morgan fingerprint density at radius 1 is 1.00 bits per heavy atom. The van der Waals surface area contributed by atoms with E-state index in [-0.39, 0.29) is 5.76 Å². The van der Waals surface area contributed by atoms with Gasteiger partial charge < -0.3 is 9.52 Å². The second kappa shape index (κ2) is 11.6. The van der Waals surface area contributed by atoms with Gasteiger partial charge in [0.15, 0.2) is 5.76 Å². The molecule has 0 radical (unpaired) electrons. The molecule has 0 atom stereocenters. The maximum absolute atomic E-state index is 13.2. The molecule has 0 bridgehead atoms. The summed E-state index contributed by atoms with van der Waals surface area (Å²) in [6, 6.07) is 10.4. The standard InChI is InChI=1S/C24H34N2O4/c1-4-6-8-16-24(29,17-9-7-5-2)23(28)25-26(20-14-12-19(3)13-15-20)22(27)21-11-10-18-30-21/h10-15,18,29H,4-9,16-17H2,1-3H3,(H,25,28). The fourth-order valence-electron chi connectivity index (χ4n) is 3.33. The molecular weight excluding hydrogens is 380 g/mol. The average Bonchev–Trinajstić information content (AvgIpc) is 3.27. The van der Waals surface area contributed by atoms with Gasteiger partial charge in [-0.25, -0.2) is 5.01 Å². The van der Waals surface area contributed by atoms with Gasteiger partial charge in [0.1, 0.15) is 5.60 Å². The molecule has 1 aromatic heterocycles. The highest BCUT2D eigenvalue weighted by atomic mass is 16.3. The first-order valence-electron chi connectivity index (χ1n) is 10.9. The van der Waals surface area contributed by atoms with Crippen LogP contribution in [0.15, 0.2) is 47.1 Å². The highest BCUT2D eigenvalue weighted by Crippen LogP contribution is 2.24. The number of anilines is 1. The van der Waals surface area contributed by atoms with E-state index in [0.717, 1.165) is 49.1 Å². The van der Waals surface area contributed by atoms with Crippen LogP contribution in [0, 0.1) is 6.92 Å². The maximum atomic E-state index is 13.2. The number of hydrogen-bond acceptors (Lipinski definition) is 4. The summed E-state index contributed by atoms with van der Waals surface area (Å²) in [5, 5.41) is 12.4. The van der Waals surface area contributed by atoms with E-state index in [1.54, 1.807) is 24.3 Å². The topological polar surface area (TPSA) is 82.8 Å². The Hall–Kier alpha value is -2.60. The molecule has 0 saturated heterocycles. The van der Waals surface area contributed by atoms with Gasteiger partial charge in [-0.3, -0.25) is 15.0 Å². The van der Waals surface area contributed by atoms with Crippen LogP contribution in [0.3, 0.4) is 0 Å². The molecule has 2 rings (SSSR count). The molecule has 0 saturated carbocycles. The largest absolute Gasteiger partial charge is 0.459 e. The summed E-state index contributed by atoms with van der Waals surface area (Å²) < 4.78 is 5.24. The van der Waals surface area contributed by atoms with Crippen LogP contribution in [0.25, 0.3) is 0 Å². The second-order valence-corrected chi connectivity index (χ2v) is 7.84. The minimum absolute atomic E-state index is 0.108. The van der Waals surface area contributed by atoms with E-state index in [4.69, 9.17) is 4.42 Å². The zero-order valence-corrected chi connectivity index (χ0v) is 18.3. The van der Waals surface area contributed by atoms with E-state index < -0.39 is 17.4 Å². The lowest BCUT2D eigenvalue weighted by molar-refractivity contribution is -0.141. The summed E-state index contributed by atoms with van der Waals surface area (Å²) in [6.07, 6.45) is 7.53. The highest BCUT2D eigenvalue weighted by molar-refractivity contribution is 6.06. The second-order valence-electron chi connectivity index (χ2n) is 7.84. The number of amides is 2. The molecule has 0 aliphatic carbocycles. The van der Waals surface area contributed by atoms with Gasteiger partial charge in [-0.05, 0) is 44.0 Å². The monoisotopic (exact) mass is 414 g/mol. The Morgan fingerprint density at radius 2 is 1.60 bits per heavy atom. The van der Waals surface area contributed by atoms with E-state index in [1.807, 2.05) is 19.1 Å². The van der Waals surface area contributed by atoms with Crippen LogP contribution in [0.2, 0.25) is 0 Å². The summed E-state index contributed by atoms with van der Waals surface area (Å²) >= 11 is 0. The van der Waals surface area contributed by atoms with Crippen LogP contribution in [0.5, 0.6) is 0 Å². The van der Waals surface area contributed by atoms with Crippen molar-refractivity contribution in [2.75, 3.05) is 5.01 Å². The van der Waals surface area contributed by atoms with Gasteiger partial charge >= 0.3 is 5.91 Å². The quantitative estimate of drug-likeness (QED) is 0.393. The van der Waals surface area contributed by atoms with Gasteiger partial charge in [-0.15, -0.1) is 0 Å². The lowest BCUT2D eigenvalue weighted by Gasteiger charge is -2.31. The van der Waals surface area contributed by atoms with Crippen molar-refractivity contribution < 1.29 is 19.1 Å². The maximum Gasteiger partial charge on any atom is 0.312 e. The zero-order chi connectivity index (χ0) is 22.0. The van der Waals surface area contributed by atoms with Crippen LogP contribution >= 0.6 is 0 Å². The van der Waals surface area contributed by atoms with Crippen molar-refractivity contribution in [3.63, 3.8) is 0 Å². The molecular formula is C24H34N2O4. The van der Waals surface area contributed by atoms with Crippen molar-refractivity contribution in [3.8, 4) is 0 Å². The molecule has 0 aliphatic rings. The van der Waals surface area contributed by atoms with Crippen LogP contribution in [-0.2, 0) is 4.79 Å². The van der Waals surface area contributed by atoms with Gasteiger partial charge in [0.2, 0.25) is 0 Å². The van der Waals surface area contributed by atoms with Gasteiger partial charge in [-0.2, -0.15) is 0 Å². The molecule has 0 fully saturated rings. The number of carbonyl (C=O) groups is 2. The highest BCUT2D eigenvalue weighted by Gasteiger charge is 2.37. The number of rotatable bonds is 11. The predicted molar refractivity (Wildman–Crippen MR) is 118 cm³/mol. The Balaban J connectivity index is 2.26. The minimum Gasteiger partial charge on any atom is -0.459 e. The van der Waals surface area contributed by atoms with Crippen LogP contribution in [0.4, 0.5) is 5.69 Å². The summed E-state index contributed by atoms with van der Waals surface area (Å²) in [5.41, 5.74) is 2.69. The SMILES string of the molecule is CCCCCC(O)(CCCCC)C(=O)NN(C(=O)c1ccco1)c1ccc(C)cc1. The third-order valence-corrected chi connectivity index (χ3v) is 5.25. The number of benzene rings is 1.